The summed E-state index contributed by atoms with van der Waals surface area (Å²) >= 11 is 5.94. The van der Waals surface area contributed by atoms with Crippen molar-refractivity contribution >= 4 is 11.6 Å². The molecule has 18 heavy (non-hydrogen) atoms. The van der Waals surface area contributed by atoms with Gasteiger partial charge in [0, 0.05) is 29.6 Å². The van der Waals surface area contributed by atoms with Crippen LogP contribution in [0.4, 0.5) is 0 Å². The highest BCUT2D eigenvalue weighted by atomic mass is 35.5. The zero-order chi connectivity index (χ0) is 13.0. The minimum absolute atomic E-state index is 0.141. The van der Waals surface area contributed by atoms with Crippen molar-refractivity contribution in [2.75, 3.05) is 19.6 Å². The van der Waals surface area contributed by atoms with E-state index in [2.05, 4.69) is 36.6 Å². The summed E-state index contributed by atoms with van der Waals surface area (Å²) in [6.45, 7) is 7.81. The monoisotopic (exact) mass is 266 g/mol. The fourth-order valence-electron chi connectivity index (χ4n) is 2.43. The Morgan fingerprint density at radius 1 is 1.33 bits per heavy atom. The van der Waals surface area contributed by atoms with Crippen molar-refractivity contribution < 1.29 is 0 Å². The minimum Gasteiger partial charge on any atom is -0.315 e. The third-order valence-electron chi connectivity index (χ3n) is 3.76. The minimum atomic E-state index is 0.141. The van der Waals surface area contributed by atoms with Crippen LogP contribution in [0.1, 0.15) is 32.3 Å². The molecule has 1 aliphatic heterocycles. The van der Waals surface area contributed by atoms with E-state index in [4.69, 9.17) is 11.6 Å². The van der Waals surface area contributed by atoms with Crippen molar-refractivity contribution in [2.24, 2.45) is 0 Å². The maximum atomic E-state index is 5.94. The molecule has 1 heterocycles. The number of nitrogens with one attached hydrogen (secondary N) is 2. The van der Waals surface area contributed by atoms with E-state index in [9.17, 15) is 0 Å². The van der Waals surface area contributed by atoms with Gasteiger partial charge < -0.3 is 10.6 Å². The van der Waals surface area contributed by atoms with Gasteiger partial charge in [-0.1, -0.05) is 37.6 Å². The molecule has 1 unspecified atom stereocenters. The van der Waals surface area contributed by atoms with Gasteiger partial charge >= 0.3 is 0 Å². The third kappa shape index (κ3) is 3.71. The Labute approximate surface area is 115 Å². The van der Waals surface area contributed by atoms with E-state index < -0.39 is 0 Å². The Bertz CT molecular complexity index is 367. The van der Waals surface area contributed by atoms with Gasteiger partial charge in [-0.2, -0.15) is 0 Å². The lowest BCUT2D eigenvalue weighted by Gasteiger charge is -2.31. The van der Waals surface area contributed by atoms with Crippen LogP contribution in [0.2, 0.25) is 5.02 Å². The van der Waals surface area contributed by atoms with Gasteiger partial charge in [0.05, 0.1) is 0 Å². The van der Waals surface area contributed by atoms with Gasteiger partial charge in [0.15, 0.2) is 0 Å². The lowest BCUT2D eigenvalue weighted by molar-refractivity contribution is 0.354. The number of hydrogen-bond donors (Lipinski definition) is 2. The Morgan fingerprint density at radius 2 is 2.06 bits per heavy atom. The Morgan fingerprint density at radius 3 is 2.67 bits per heavy atom. The van der Waals surface area contributed by atoms with Crippen molar-refractivity contribution in [2.45, 2.75) is 38.1 Å². The summed E-state index contributed by atoms with van der Waals surface area (Å²) in [7, 11) is 0. The molecular formula is C15H23ClN2. The fourth-order valence-corrected chi connectivity index (χ4v) is 2.55. The van der Waals surface area contributed by atoms with Crippen LogP contribution in [0.25, 0.3) is 0 Å². The molecule has 2 N–H and O–H groups in total. The van der Waals surface area contributed by atoms with Crippen molar-refractivity contribution in [1.82, 2.24) is 10.6 Å². The first-order valence-electron chi connectivity index (χ1n) is 6.78. The highest BCUT2D eigenvalue weighted by Gasteiger charge is 2.22. The molecule has 1 aromatic carbocycles. The van der Waals surface area contributed by atoms with E-state index in [1.165, 1.54) is 24.9 Å². The first-order valence-corrected chi connectivity index (χ1v) is 7.16. The molecule has 0 spiro atoms. The third-order valence-corrected chi connectivity index (χ3v) is 4.01. The van der Waals surface area contributed by atoms with E-state index in [0.717, 1.165) is 18.1 Å². The fraction of sp³-hybridized carbons (Fsp3) is 0.600. The van der Waals surface area contributed by atoms with Gasteiger partial charge in [0.1, 0.15) is 0 Å². The normalized spacial score (nSPS) is 20.9. The number of halogens is 1. The summed E-state index contributed by atoms with van der Waals surface area (Å²) in [5.41, 5.74) is 1.48. The molecule has 2 rings (SSSR count). The number of benzene rings is 1. The van der Waals surface area contributed by atoms with Gasteiger partial charge in [-0.25, -0.2) is 0 Å². The second-order valence-electron chi connectivity index (χ2n) is 5.81. The molecule has 0 saturated carbocycles. The van der Waals surface area contributed by atoms with E-state index >= 15 is 0 Å². The van der Waals surface area contributed by atoms with Gasteiger partial charge in [0.25, 0.3) is 0 Å². The van der Waals surface area contributed by atoms with Crippen molar-refractivity contribution in [3.05, 3.63) is 34.9 Å². The standard InChI is InChI=1S/C15H23ClN2/c1-15(2,12-5-7-13(16)8-6-12)11-18-14-4-3-9-17-10-14/h5-8,14,17-18H,3-4,9-11H2,1-2H3. The molecule has 100 valence electrons. The summed E-state index contributed by atoms with van der Waals surface area (Å²) in [6.07, 6.45) is 2.56. The molecular weight excluding hydrogens is 244 g/mol. The average molecular weight is 267 g/mol. The zero-order valence-corrected chi connectivity index (χ0v) is 12.1. The van der Waals surface area contributed by atoms with Gasteiger partial charge in [-0.15, -0.1) is 0 Å². The summed E-state index contributed by atoms with van der Waals surface area (Å²) in [5.74, 6) is 0. The Kier molecular flexibility index (Phi) is 4.66. The van der Waals surface area contributed by atoms with Crippen LogP contribution in [-0.4, -0.2) is 25.7 Å². The number of piperidine rings is 1. The van der Waals surface area contributed by atoms with Gasteiger partial charge in [-0.05, 0) is 37.1 Å². The molecule has 1 atom stereocenters. The Hall–Kier alpha value is -0.570. The van der Waals surface area contributed by atoms with E-state index in [-0.39, 0.29) is 5.41 Å². The van der Waals surface area contributed by atoms with Crippen molar-refractivity contribution in [3.63, 3.8) is 0 Å². The molecule has 2 nitrogen and oxygen atoms in total. The van der Waals surface area contributed by atoms with E-state index in [1.807, 2.05) is 12.1 Å². The molecule has 0 aliphatic carbocycles. The summed E-state index contributed by atoms with van der Waals surface area (Å²) in [6, 6.07) is 8.82. The molecule has 0 radical (unpaired) electrons. The summed E-state index contributed by atoms with van der Waals surface area (Å²) in [5, 5.41) is 7.92. The predicted octanol–water partition coefficient (Wildman–Crippen LogP) is 2.96. The molecule has 1 aromatic rings. The van der Waals surface area contributed by atoms with E-state index in [1.54, 1.807) is 0 Å². The van der Waals surface area contributed by atoms with Crippen LogP contribution in [0, 0.1) is 0 Å². The molecule has 0 bridgehead atoms. The van der Waals surface area contributed by atoms with Crippen LogP contribution < -0.4 is 10.6 Å². The molecule has 1 aliphatic rings. The van der Waals surface area contributed by atoms with Gasteiger partial charge in [-0.3, -0.25) is 0 Å². The van der Waals surface area contributed by atoms with Crippen LogP contribution in [0.3, 0.4) is 0 Å². The Balaban J connectivity index is 1.91. The quantitative estimate of drug-likeness (QED) is 0.876. The lowest BCUT2D eigenvalue weighted by Crippen LogP contribution is -2.47. The van der Waals surface area contributed by atoms with Crippen LogP contribution in [-0.2, 0) is 5.41 Å². The molecule has 3 heteroatoms. The zero-order valence-electron chi connectivity index (χ0n) is 11.3. The SMILES string of the molecule is CC(C)(CNC1CCCNC1)c1ccc(Cl)cc1. The van der Waals surface area contributed by atoms with Gasteiger partial charge in [0.2, 0.25) is 0 Å². The second kappa shape index (κ2) is 6.05. The first-order chi connectivity index (χ1) is 8.58. The first kappa shape index (κ1) is 13.9. The van der Waals surface area contributed by atoms with Crippen LogP contribution in [0.15, 0.2) is 24.3 Å². The average Bonchev–Trinajstić information content (AvgIpc) is 2.38. The summed E-state index contributed by atoms with van der Waals surface area (Å²) < 4.78 is 0. The van der Waals surface area contributed by atoms with Crippen LogP contribution >= 0.6 is 11.6 Å². The molecule has 0 amide bonds. The maximum Gasteiger partial charge on any atom is 0.0406 e. The second-order valence-corrected chi connectivity index (χ2v) is 6.25. The number of hydrogen-bond acceptors (Lipinski definition) is 2. The lowest BCUT2D eigenvalue weighted by atomic mass is 9.84. The highest BCUT2D eigenvalue weighted by molar-refractivity contribution is 6.30. The largest absolute Gasteiger partial charge is 0.315 e. The topological polar surface area (TPSA) is 24.1 Å². The molecule has 1 saturated heterocycles. The summed E-state index contributed by atoms with van der Waals surface area (Å²) in [4.78, 5) is 0. The number of rotatable bonds is 4. The maximum absolute atomic E-state index is 5.94. The highest BCUT2D eigenvalue weighted by Crippen LogP contribution is 2.24. The van der Waals surface area contributed by atoms with Crippen LogP contribution in [0.5, 0.6) is 0 Å². The van der Waals surface area contributed by atoms with Crippen molar-refractivity contribution in [3.8, 4) is 0 Å². The smallest absolute Gasteiger partial charge is 0.0406 e. The van der Waals surface area contributed by atoms with E-state index in [0.29, 0.717) is 6.04 Å². The molecule has 1 fully saturated rings. The van der Waals surface area contributed by atoms with Crippen molar-refractivity contribution in [1.29, 1.82) is 0 Å². The predicted molar refractivity (Wildman–Crippen MR) is 78.4 cm³/mol. The molecule has 0 aromatic heterocycles.